The average molecular weight is 485 g/mol. The number of ether oxygens (including phenoxy) is 2. The Hall–Kier alpha value is -2.00. The third-order valence-electron chi connectivity index (χ3n) is 4.12. The van der Waals surface area contributed by atoms with Crippen molar-refractivity contribution in [3.63, 3.8) is 0 Å². The lowest BCUT2D eigenvalue weighted by molar-refractivity contribution is 0.0673. The van der Waals surface area contributed by atoms with Crippen molar-refractivity contribution in [2.24, 2.45) is 10.7 Å². The molecule has 1 unspecified atom stereocenters. The van der Waals surface area contributed by atoms with Gasteiger partial charge in [0.25, 0.3) is 0 Å². The number of methoxy groups -OCH3 is 2. The fourth-order valence-electron chi connectivity index (χ4n) is 2.55. The summed E-state index contributed by atoms with van der Waals surface area (Å²) in [5.74, 6) is 1.71. The van der Waals surface area contributed by atoms with Gasteiger partial charge in [-0.2, -0.15) is 0 Å². The van der Waals surface area contributed by atoms with E-state index in [9.17, 15) is 5.11 Å². The Morgan fingerprint density at radius 2 is 1.78 bits per heavy atom. The molecule has 148 valence electrons. The van der Waals surface area contributed by atoms with Gasteiger partial charge in [-0.25, -0.2) is 0 Å². The van der Waals surface area contributed by atoms with Crippen LogP contribution in [0.25, 0.3) is 0 Å². The molecule has 1 atom stereocenters. The summed E-state index contributed by atoms with van der Waals surface area (Å²) in [5.41, 5.74) is 6.75. The summed E-state index contributed by atoms with van der Waals surface area (Å²) < 4.78 is 10.5. The number of guanidine groups is 1. The Morgan fingerprint density at radius 1 is 1.11 bits per heavy atom. The molecular formula is C20H28IN3O3. The lowest BCUT2D eigenvalue weighted by Gasteiger charge is -2.21. The highest BCUT2D eigenvalue weighted by Crippen LogP contribution is 2.27. The van der Waals surface area contributed by atoms with Crippen molar-refractivity contribution in [3.8, 4) is 11.5 Å². The van der Waals surface area contributed by atoms with Gasteiger partial charge >= 0.3 is 0 Å². The number of benzene rings is 2. The number of halogens is 1. The fraction of sp³-hybridized carbons (Fsp3) is 0.350. The van der Waals surface area contributed by atoms with Gasteiger partial charge in [0.15, 0.2) is 17.5 Å². The third kappa shape index (κ3) is 6.91. The Kier molecular flexibility index (Phi) is 9.37. The van der Waals surface area contributed by atoms with Crippen LogP contribution in [-0.4, -0.2) is 38.4 Å². The first-order chi connectivity index (χ1) is 12.5. The maximum Gasteiger partial charge on any atom is 0.188 e. The van der Waals surface area contributed by atoms with Crippen molar-refractivity contribution in [3.05, 3.63) is 59.7 Å². The lowest BCUT2D eigenvalue weighted by atomic mass is 9.96. The van der Waals surface area contributed by atoms with Gasteiger partial charge in [0.05, 0.1) is 20.8 Å². The SMILES string of the molecule is COc1ccc(CCNC(N)=NCC(C)(O)c2ccccc2)cc1OC.I. The summed E-state index contributed by atoms with van der Waals surface area (Å²) >= 11 is 0. The number of aliphatic hydroxyl groups is 1. The summed E-state index contributed by atoms with van der Waals surface area (Å²) in [6.45, 7) is 2.53. The molecule has 2 rings (SSSR count). The van der Waals surface area contributed by atoms with E-state index in [0.717, 1.165) is 17.5 Å². The van der Waals surface area contributed by atoms with Crippen LogP contribution in [0.3, 0.4) is 0 Å². The highest BCUT2D eigenvalue weighted by atomic mass is 127. The summed E-state index contributed by atoms with van der Waals surface area (Å²) in [5, 5.41) is 13.6. The van der Waals surface area contributed by atoms with Crippen molar-refractivity contribution in [1.29, 1.82) is 0 Å². The van der Waals surface area contributed by atoms with Gasteiger partial charge in [-0.05, 0) is 36.6 Å². The smallest absolute Gasteiger partial charge is 0.188 e. The quantitative estimate of drug-likeness (QED) is 0.304. The molecule has 0 saturated heterocycles. The maximum atomic E-state index is 10.5. The molecule has 7 heteroatoms. The van der Waals surface area contributed by atoms with E-state index >= 15 is 0 Å². The monoisotopic (exact) mass is 485 g/mol. The van der Waals surface area contributed by atoms with Crippen LogP contribution in [0.15, 0.2) is 53.5 Å². The van der Waals surface area contributed by atoms with Crippen molar-refractivity contribution in [2.75, 3.05) is 27.3 Å². The minimum Gasteiger partial charge on any atom is -0.493 e. The van der Waals surface area contributed by atoms with Crippen molar-refractivity contribution >= 4 is 29.9 Å². The number of hydrogen-bond acceptors (Lipinski definition) is 4. The second-order valence-electron chi connectivity index (χ2n) is 6.21. The fourth-order valence-corrected chi connectivity index (χ4v) is 2.55. The molecule has 0 bridgehead atoms. The minimum absolute atomic E-state index is 0. The maximum absolute atomic E-state index is 10.5. The Bertz CT molecular complexity index is 737. The number of nitrogens with one attached hydrogen (secondary N) is 1. The number of nitrogens with two attached hydrogens (primary N) is 1. The largest absolute Gasteiger partial charge is 0.493 e. The topological polar surface area (TPSA) is 89.1 Å². The highest BCUT2D eigenvalue weighted by molar-refractivity contribution is 14.0. The molecule has 0 radical (unpaired) electrons. The van der Waals surface area contributed by atoms with Crippen molar-refractivity contribution in [1.82, 2.24) is 5.32 Å². The molecule has 0 aliphatic rings. The molecule has 0 fully saturated rings. The Balaban J connectivity index is 0.00000364. The predicted octanol–water partition coefficient (Wildman–Crippen LogP) is 2.68. The van der Waals surface area contributed by atoms with Crippen LogP contribution in [0.1, 0.15) is 18.1 Å². The van der Waals surface area contributed by atoms with Gasteiger partial charge in [-0.1, -0.05) is 36.4 Å². The Morgan fingerprint density at radius 3 is 2.41 bits per heavy atom. The summed E-state index contributed by atoms with van der Waals surface area (Å²) in [6, 6.07) is 15.2. The van der Waals surface area contributed by atoms with Crippen LogP contribution < -0.4 is 20.5 Å². The van der Waals surface area contributed by atoms with Gasteiger partial charge in [0, 0.05) is 6.54 Å². The number of rotatable bonds is 8. The van der Waals surface area contributed by atoms with E-state index in [1.54, 1.807) is 21.1 Å². The Labute approximate surface area is 177 Å². The molecule has 0 saturated carbocycles. The third-order valence-corrected chi connectivity index (χ3v) is 4.12. The van der Waals surface area contributed by atoms with E-state index in [2.05, 4.69) is 10.3 Å². The minimum atomic E-state index is -1.06. The van der Waals surface area contributed by atoms with Crippen LogP contribution in [0.2, 0.25) is 0 Å². The second-order valence-corrected chi connectivity index (χ2v) is 6.21. The molecule has 27 heavy (non-hydrogen) atoms. The summed E-state index contributed by atoms with van der Waals surface area (Å²) in [4.78, 5) is 4.25. The first-order valence-electron chi connectivity index (χ1n) is 8.49. The van der Waals surface area contributed by atoms with Crippen LogP contribution >= 0.6 is 24.0 Å². The molecule has 0 heterocycles. The zero-order valence-corrected chi connectivity index (χ0v) is 18.3. The van der Waals surface area contributed by atoms with Crippen molar-refractivity contribution < 1.29 is 14.6 Å². The van der Waals surface area contributed by atoms with Gasteiger partial charge < -0.3 is 25.6 Å². The number of nitrogens with zero attached hydrogens (tertiary/aromatic N) is 1. The van der Waals surface area contributed by atoms with Crippen LogP contribution in [0, 0.1) is 0 Å². The van der Waals surface area contributed by atoms with Crippen LogP contribution in [0.5, 0.6) is 11.5 Å². The van der Waals surface area contributed by atoms with E-state index in [1.165, 1.54) is 0 Å². The van der Waals surface area contributed by atoms with Gasteiger partial charge in [-0.15, -0.1) is 24.0 Å². The van der Waals surface area contributed by atoms with Gasteiger partial charge in [0.1, 0.15) is 5.60 Å². The predicted molar refractivity (Wildman–Crippen MR) is 119 cm³/mol. The molecule has 0 aromatic heterocycles. The molecule has 0 aliphatic heterocycles. The highest BCUT2D eigenvalue weighted by Gasteiger charge is 2.22. The molecule has 0 aliphatic carbocycles. The normalized spacial score (nSPS) is 13.3. The van der Waals surface area contributed by atoms with Crippen molar-refractivity contribution in [2.45, 2.75) is 18.9 Å². The summed E-state index contributed by atoms with van der Waals surface area (Å²) in [7, 11) is 3.23. The first-order valence-corrected chi connectivity index (χ1v) is 8.49. The van der Waals surface area contributed by atoms with Crippen LogP contribution in [-0.2, 0) is 12.0 Å². The standard InChI is InChI=1S/C20H27N3O3.HI/c1-20(24,16-7-5-4-6-8-16)14-23-19(21)22-12-11-15-9-10-17(25-2)18(13-15)26-3;/h4-10,13,24H,11-12,14H2,1-3H3,(H3,21,22,23);1H. The summed E-state index contributed by atoms with van der Waals surface area (Å²) in [6.07, 6.45) is 0.756. The molecule has 4 N–H and O–H groups in total. The van der Waals surface area contributed by atoms with Gasteiger partial charge in [-0.3, -0.25) is 4.99 Å². The van der Waals surface area contributed by atoms with E-state index < -0.39 is 5.60 Å². The zero-order valence-electron chi connectivity index (χ0n) is 15.9. The molecular weight excluding hydrogens is 457 g/mol. The van der Waals surface area contributed by atoms with E-state index in [1.807, 2.05) is 48.5 Å². The molecule has 6 nitrogen and oxygen atoms in total. The molecule has 2 aromatic rings. The lowest BCUT2D eigenvalue weighted by Crippen LogP contribution is -2.35. The number of hydrogen-bond donors (Lipinski definition) is 3. The first kappa shape index (κ1) is 23.0. The molecule has 0 amide bonds. The molecule has 2 aromatic carbocycles. The second kappa shape index (κ2) is 11.0. The number of aliphatic imine (C=N–C) groups is 1. The van der Waals surface area contributed by atoms with E-state index in [0.29, 0.717) is 24.0 Å². The van der Waals surface area contributed by atoms with Gasteiger partial charge in [0.2, 0.25) is 0 Å². The average Bonchev–Trinajstić information content (AvgIpc) is 2.67. The van der Waals surface area contributed by atoms with Crippen LogP contribution in [0.4, 0.5) is 0 Å². The zero-order chi connectivity index (χ0) is 19.0. The molecule has 0 spiro atoms. The van der Waals surface area contributed by atoms with E-state index in [-0.39, 0.29) is 30.5 Å². The van der Waals surface area contributed by atoms with E-state index in [4.69, 9.17) is 15.2 Å².